The minimum absolute atomic E-state index is 0.0410. The van der Waals surface area contributed by atoms with Crippen LogP contribution < -0.4 is 5.73 Å². The molecule has 1 aromatic heterocycles. The van der Waals surface area contributed by atoms with E-state index in [-0.39, 0.29) is 5.41 Å². The van der Waals surface area contributed by atoms with E-state index < -0.39 is 0 Å². The van der Waals surface area contributed by atoms with Gasteiger partial charge in [-0.25, -0.2) is 4.98 Å². The molecule has 3 heteroatoms. The second kappa shape index (κ2) is 5.63. The Labute approximate surface area is 113 Å². The smallest absolute Gasteiger partial charge is 0.103 e. The first-order valence-electron chi connectivity index (χ1n) is 6.47. The molecule has 1 aromatic carbocycles. The Kier molecular flexibility index (Phi) is 4.15. The van der Waals surface area contributed by atoms with E-state index in [1.54, 1.807) is 11.3 Å². The van der Waals surface area contributed by atoms with Crippen LogP contribution >= 0.6 is 11.3 Å². The number of aromatic nitrogens is 1. The van der Waals surface area contributed by atoms with Crippen molar-refractivity contribution in [1.29, 1.82) is 0 Å². The fraction of sp³-hybridized carbons (Fsp3) is 0.400. The van der Waals surface area contributed by atoms with Crippen LogP contribution in [0.2, 0.25) is 0 Å². The number of thiazole rings is 1. The zero-order valence-corrected chi connectivity index (χ0v) is 11.8. The van der Waals surface area contributed by atoms with Gasteiger partial charge in [0, 0.05) is 23.0 Å². The molecule has 2 N–H and O–H groups in total. The average Bonchev–Trinajstić information content (AvgIpc) is 2.91. The van der Waals surface area contributed by atoms with Crippen molar-refractivity contribution >= 4 is 11.3 Å². The molecule has 2 nitrogen and oxygen atoms in total. The summed E-state index contributed by atoms with van der Waals surface area (Å²) in [6, 6.07) is 10.7. The van der Waals surface area contributed by atoms with Gasteiger partial charge in [-0.1, -0.05) is 44.2 Å². The summed E-state index contributed by atoms with van der Waals surface area (Å²) < 4.78 is 0. The Morgan fingerprint density at radius 1 is 1.17 bits per heavy atom. The highest BCUT2D eigenvalue weighted by Crippen LogP contribution is 2.40. The van der Waals surface area contributed by atoms with Crippen molar-refractivity contribution in [1.82, 2.24) is 4.98 Å². The summed E-state index contributed by atoms with van der Waals surface area (Å²) in [5.41, 5.74) is 7.09. The first kappa shape index (κ1) is 13.2. The number of nitrogens with two attached hydrogens (primary N) is 1. The van der Waals surface area contributed by atoms with Crippen LogP contribution in [0.5, 0.6) is 0 Å². The van der Waals surface area contributed by atoms with Gasteiger partial charge in [0.05, 0.1) is 0 Å². The quantitative estimate of drug-likeness (QED) is 0.890. The molecule has 0 aliphatic carbocycles. The third-order valence-electron chi connectivity index (χ3n) is 3.70. The maximum atomic E-state index is 5.70. The number of hydrogen-bond donors (Lipinski definition) is 1. The Balaban J connectivity index is 2.50. The molecule has 0 aliphatic heterocycles. The van der Waals surface area contributed by atoms with Gasteiger partial charge in [0.2, 0.25) is 0 Å². The van der Waals surface area contributed by atoms with Gasteiger partial charge in [-0.15, -0.1) is 11.3 Å². The molecule has 0 saturated carbocycles. The zero-order valence-electron chi connectivity index (χ0n) is 11.0. The maximum absolute atomic E-state index is 5.70. The minimum atomic E-state index is 0.0410. The van der Waals surface area contributed by atoms with Gasteiger partial charge in [0.1, 0.15) is 5.01 Å². The van der Waals surface area contributed by atoms with E-state index in [0.29, 0.717) is 6.54 Å². The van der Waals surface area contributed by atoms with Crippen LogP contribution in [0.3, 0.4) is 0 Å². The van der Waals surface area contributed by atoms with Crippen molar-refractivity contribution < 1.29 is 0 Å². The summed E-state index contributed by atoms with van der Waals surface area (Å²) in [6.07, 6.45) is 4.04. The molecule has 2 rings (SSSR count). The average molecular weight is 260 g/mol. The SMILES string of the molecule is CCC(CC)(c1ccccc1)c1ncc(CN)s1. The van der Waals surface area contributed by atoms with Crippen LogP contribution in [-0.2, 0) is 12.0 Å². The van der Waals surface area contributed by atoms with E-state index in [1.807, 2.05) is 6.20 Å². The summed E-state index contributed by atoms with van der Waals surface area (Å²) in [5.74, 6) is 0. The highest BCUT2D eigenvalue weighted by molar-refractivity contribution is 7.11. The van der Waals surface area contributed by atoms with Crippen molar-refractivity contribution in [3.05, 3.63) is 52.0 Å². The first-order chi connectivity index (χ1) is 8.76. The molecule has 18 heavy (non-hydrogen) atoms. The van der Waals surface area contributed by atoms with Crippen LogP contribution in [0.1, 0.15) is 42.1 Å². The first-order valence-corrected chi connectivity index (χ1v) is 7.29. The van der Waals surface area contributed by atoms with Gasteiger partial charge in [0.25, 0.3) is 0 Å². The molecule has 96 valence electrons. The third kappa shape index (κ3) is 2.20. The molecule has 0 spiro atoms. The van der Waals surface area contributed by atoms with Crippen molar-refractivity contribution in [2.24, 2.45) is 5.73 Å². The largest absolute Gasteiger partial charge is 0.326 e. The third-order valence-corrected chi connectivity index (χ3v) is 4.92. The highest BCUT2D eigenvalue weighted by Gasteiger charge is 2.33. The molecule has 1 heterocycles. The van der Waals surface area contributed by atoms with Crippen LogP contribution in [0.15, 0.2) is 36.5 Å². The lowest BCUT2D eigenvalue weighted by molar-refractivity contribution is 0.476. The predicted molar refractivity (Wildman–Crippen MR) is 77.8 cm³/mol. The number of benzene rings is 1. The van der Waals surface area contributed by atoms with Gasteiger partial charge >= 0.3 is 0 Å². The summed E-state index contributed by atoms with van der Waals surface area (Å²) in [5, 5.41) is 1.19. The second-order valence-corrected chi connectivity index (χ2v) is 5.61. The number of hydrogen-bond acceptors (Lipinski definition) is 3. The normalized spacial score (nSPS) is 11.7. The van der Waals surface area contributed by atoms with E-state index in [2.05, 4.69) is 49.2 Å². The van der Waals surface area contributed by atoms with Crippen molar-refractivity contribution in [2.75, 3.05) is 0 Å². The van der Waals surface area contributed by atoms with Gasteiger partial charge in [-0.3, -0.25) is 0 Å². The predicted octanol–water partition coefficient (Wildman–Crippen LogP) is 3.71. The Morgan fingerprint density at radius 2 is 1.83 bits per heavy atom. The van der Waals surface area contributed by atoms with Crippen molar-refractivity contribution in [2.45, 2.75) is 38.6 Å². The van der Waals surface area contributed by atoms with Crippen molar-refractivity contribution in [3.8, 4) is 0 Å². The van der Waals surface area contributed by atoms with Crippen LogP contribution in [0.25, 0.3) is 0 Å². The summed E-state index contributed by atoms with van der Waals surface area (Å²) in [7, 11) is 0. The molecular weight excluding hydrogens is 240 g/mol. The lowest BCUT2D eigenvalue weighted by Gasteiger charge is -2.30. The highest BCUT2D eigenvalue weighted by atomic mass is 32.1. The van der Waals surface area contributed by atoms with Crippen LogP contribution in [-0.4, -0.2) is 4.98 Å². The standard InChI is InChI=1S/C15H20N2S/c1-3-15(4-2,12-8-6-5-7-9-12)14-17-11-13(10-16)18-14/h5-9,11H,3-4,10,16H2,1-2H3. The monoisotopic (exact) mass is 260 g/mol. The number of nitrogens with zero attached hydrogens (tertiary/aromatic N) is 1. The topological polar surface area (TPSA) is 38.9 Å². The summed E-state index contributed by atoms with van der Waals surface area (Å²) in [6.45, 7) is 5.05. The summed E-state index contributed by atoms with van der Waals surface area (Å²) in [4.78, 5) is 5.78. The second-order valence-electron chi connectivity index (χ2n) is 4.49. The van der Waals surface area contributed by atoms with Crippen LogP contribution in [0, 0.1) is 0 Å². The molecule has 0 saturated heterocycles. The fourth-order valence-electron chi connectivity index (χ4n) is 2.46. The van der Waals surface area contributed by atoms with Gasteiger partial charge in [-0.2, -0.15) is 0 Å². The molecular formula is C15H20N2S. The molecule has 0 amide bonds. The molecule has 0 fully saturated rings. The molecule has 0 atom stereocenters. The Morgan fingerprint density at radius 3 is 2.33 bits per heavy atom. The van der Waals surface area contributed by atoms with E-state index >= 15 is 0 Å². The molecule has 0 aliphatic rings. The van der Waals surface area contributed by atoms with E-state index in [9.17, 15) is 0 Å². The molecule has 0 radical (unpaired) electrons. The molecule has 0 bridgehead atoms. The van der Waals surface area contributed by atoms with E-state index in [4.69, 9.17) is 5.73 Å². The lowest BCUT2D eigenvalue weighted by atomic mass is 9.76. The van der Waals surface area contributed by atoms with Gasteiger partial charge in [0.15, 0.2) is 0 Å². The maximum Gasteiger partial charge on any atom is 0.103 e. The Bertz CT molecular complexity index is 486. The molecule has 0 unspecified atom stereocenters. The van der Waals surface area contributed by atoms with Crippen LogP contribution in [0.4, 0.5) is 0 Å². The molecule has 2 aromatic rings. The number of rotatable bonds is 5. The van der Waals surface area contributed by atoms with E-state index in [1.165, 1.54) is 10.6 Å². The zero-order chi connectivity index (χ0) is 13.0. The van der Waals surface area contributed by atoms with Gasteiger partial charge in [-0.05, 0) is 18.4 Å². The van der Waals surface area contributed by atoms with E-state index in [0.717, 1.165) is 17.7 Å². The van der Waals surface area contributed by atoms with Crippen molar-refractivity contribution in [3.63, 3.8) is 0 Å². The Hall–Kier alpha value is -1.19. The lowest BCUT2D eigenvalue weighted by Crippen LogP contribution is -2.25. The van der Waals surface area contributed by atoms with Gasteiger partial charge < -0.3 is 5.73 Å². The fourth-order valence-corrected chi connectivity index (χ4v) is 3.61. The minimum Gasteiger partial charge on any atom is -0.326 e. The summed E-state index contributed by atoms with van der Waals surface area (Å²) >= 11 is 1.75.